The van der Waals surface area contributed by atoms with Crippen molar-refractivity contribution in [3.05, 3.63) is 22.4 Å². The van der Waals surface area contributed by atoms with Crippen LogP contribution >= 0.6 is 11.3 Å². The number of thiophene rings is 1. The summed E-state index contributed by atoms with van der Waals surface area (Å²) in [5.74, 6) is 0.731. The van der Waals surface area contributed by atoms with E-state index >= 15 is 0 Å². The predicted octanol–water partition coefficient (Wildman–Crippen LogP) is 2.19. The van der Waals surface area contributed by atoms with Gasteiger partial charge in [0.2, 0.25) is 0 Å². The molecule has 1 N–H and O–H groups in total. The maximum atomic E-state index is 5.24. The van der Waals surface area contributed by atoms with E-state index in [9.17, 15) is 0 Å². The highest BCUT2D eigenvalue weighted by Crippen LogP contribution is 2.18. The summed E-state index contributed by atoms with van der Waals surface area (Å²) in [6, 6.07) is 4.92. The molecule has 0 radical (unpaired) electrons. The molecule has 1 aromatic heterocycles. The number of nitrogens with zero attached hydrogens (tertiary/aromatic N) is 1. The second-order valence-corrected chi connectivity index (χ2v) is 6.20. The quantitative estimate of drug-likeness (QED) is 0.820. The van der Waals surface area contributed by atoms with E-state index in [0.717, 1.165) is 25.6 Å². The molecule has 1 fully saturated rings. The Balaban J connectivity index is 1.64. The number of likely N-dealkylation sites (tertiary alicyclic amines) is 1. The van der Waals surface area contributed by atoms with Crippen molar-refractivity contribution in [2.45, 2.75) is 25.9 Å². The minimum absolute atomic E-state index is 0.617. The number of hydrogen-bond acceptors (Lipinski definition) is 4. The maximum absolute atomic E-state index is 5.24. The summed E-state index contributed by atoms with van der Waals surface area (Å²) in [6.45, 7) is 7.70. The van der Waals surface area contributed by atoms with E-state index < -0.39 is 0 Å². The third-order valence-electron chi connectivity index (χ3n) is 3.66. The molecule has 1 aromatic rings. The highest BCUT2D eigenvalue weighted by Gasteiger charge is 2.25. The Bertz CT molecular complexity index is 329. The van der Waals surface area contributed by atoms with Crippen LogP contribution in [0, 0.1) is 5.92 Å². The Hall–Kier alpha value is -0.420. The fraction of sp³-hybridized carbons (Fsp3) is 0.714. The summed E-state index contributed by atoms with van der Waals surface area (Å²) in [7, 11) is 1.80. The molecule has 2 rings (SSSR count). The van der Waals surface area contributed by atoms with E-state index in [2.05, 4.69) is 34.7 Å². The Labute approximate surface area is 114 Å². The standard InChI is InChI=1S/C14H24N2OS/c1-12(8-15-9-14-4-3-7-18-14)16-6-5-13(10-16)11-17-2/h3-4,7,12-13,15H,5-6,8-11H2,1-2H3. The average molecular weight is 268 g/mol. The summed E-state index contributed by atoms with van der Waals surface area (Å²) in [4.78, 5) is 3.99. The Kier molecular flexibility index (Phi) is 5.63. The molecule has 0 amide bonds. The normalized spacial score (nSPS) is 22.4. The maximum Gasteiger partial charge on any atom is 0.0503 e. The van der Waals surface area contributed by atoms with Gasteiger partial charge in [-0.05, 0) is 37.3 Å². The molecule has 18 heavy (non-hydrogen) atoms. The zero-order valence-corrected chi connectivity index (χ0v) is 12.2. The van der Waals surface area contributed by atoms with Crippen LogP contribution < -0.4 is 5.32 Å². The molecule has 4 heteroatoms. The van der Waals surface area contributed by atoms with E-state index in [4.69, 9.17) is 4.74 Å². The van der Waals surface area contributed by atoms with Gasteiger partial charge in [-0.2, -0.15) is 0 Å². The lowest BCUT2D eigenvalue weighted by Crippen LogP contribution is -2.39. The number of hydrogen-bond donors (Lipinski definition) is 1. The second kappa shape index (κ2) is 7.24. The van der Waals surface area contributed by atoms with Crippen LogP contribution in [0.1, 0.15) is 18.2 Å². The number of methoxy groups -OCH3 is 1. The minimum atomic E-state index is 0.617. The van der Waals surface area contributed by atoms with E-state index in [0.29, 0.717) is 6.04 Å². The fourth-order valence-electron chi connectivity index (χ4n) is 2.58. The summed E-state index contributed by atoms with van der Waals surface area (Å²) in [5, 5.41) is 5.68. The van der Waals surface area contributed by atoms with Crippen LogP contribution in [-0.2, 0) is 11.3 Å². The molecule has 2 heterocycles. The molecule has 2 atom stereocenters. The summed E-state index contributed by atoms with van der Waals surface area (Å²) in [6.07, 6.45) is 1.28. The van der Waals surface area contributed by atoms with Crippen molar-refractivity contribution in [3.8, 4) is 0 Å². The molecular weight excluding hydrogens is 244 g/mol. The lowest BCUT2D eigenvalue weighted by molar-refractivity contribution is 0.148. The van der Waals surface area contributed by atoms with Crippen molar-refractivity contribution in [2.75, 3.05) is 33.4 Å². The van der Waals surface area contributed by atoms with Crippen LogP contribution in [0.3, 0.4) is 0 Å². The van der Waals surface area contributed by atoms with Gasteiger partial charge >= 0.3 is 0 Å². The van der Waals surface area contributed by atoms with E-state index in [1.165, 1.54) is 24.4 Å². The predicted molar refractivity (Wildman–Crippen MR) is 77.0 cm³/mol. The van der Waals surface area contributed by atoms with Gasteiger partial charge in [0.1, 0.15) is 0 Å². The highest BCUT2D eigenvalue weighted by atomic mass is 32.1. The van der Waals surface area contributed by atoms with Crippen LogP contribution in [-0.4, -0.2) is 44.3 Å². The zero-order valence-electron chi connectivity index (χ0n) is 11.4. The highest BCUT2D eigenvalue weighted by molar-refractivity contribution is 7.09. The van der Waals surface area contributed by atoms with Gasteiger partial charge in [-0.3, -0.25) is 4.90 Å². The summed E-state index contributed by atoms with van der Waals surface area (Å²) >= 11 is 1.82. The van der Waals surface area contributed by atoms with Gasteiger partial charge in [0.25, 0.3) is 0 Å². The molecule has 0 aliphatic carbocycles. The van der Waals surface area contributed by atoms with E-state index in [1.54, 1.807) is 7.11 Å². The first kappa shape index (κ1) is 14.0. The first-order valence-corrected chi connectivity index (χ1v) is 7.63. The SMILES string of the molecule is COCC1CCN(C(C)CNCc2cccs2)C1. The molecule has 102 valence electrons. The molecule has 3 nitrogen and oxygen atoms in total. The molecule has 0 spiro atoms. The second-order valence-electron chi connectivity index (χ2n) is 5.16. The van der Waals surface area contributed by atoms with Crippen molar-refractivity contribution >= 4 is 11.3 Å². The van der Waals surface area contributed by atoms with E-state index in [-0.39, 0.29) is 0 Å². The summed E-state index contributed by atoms with van der Waals surface area (Å²) in [5.41, 5.74) is 0. The third-order valence-corrected chi connectivity index (χ3v) is 4.54. The Morgan fingerprint density at radius 1 is 1.61 bits per heavy atom. The first-order chi connectivity index (χ1) is 8.79. The van der Waals surface area contributed by atoms with Crippen molar-refractivity contribution in [3.63, 3.8) is 0 Å². The van der Waals surface area contributed by atoms with Crippen LogP contribution in [0.15, 0.2) is 17.5 Å². The van der Waals surface area contributed by atoms with Gasteiger partial charge in [0.05, 0.1) is 6.61 Å². The van der Waals surface area contributed by atoms with Crippen LogP contribution in [0.2, 0.25) is 0 Å². The van der Waals surface area contributed by atoms with Crippen molar-refractivity contribution in [1.29, 1.82) is 0 Å². The van der Waals surface area contributed by atoms with Crippen LogP contribution in [0.5, 0.6) is 0 Å². The molecule has 2 unspecified atom stereocenters. The lowest BCUT2D eigenvalue weighted by atomic mass is 10.1. The number of rotatable bonds is 7. The van der Waals surface area contributed by atoms with Gasteiger partial charge in [-0.25, -0.2) is 0 Å². The Morgan fingerprint density at radius 2 is 2.50 bits per heavy atom. The zero-order chi connectivity index (χ0) is 12.8. The van der Waals surface area contributed by atoms with Gasteiger partial charge in [-0.1, -0.05) is 6.07 Å². The van der Waals surface area contributed by atoms with Crippen molar-refractivity contribution < 1.29 is 4.74 Å². The summed E-state index contributed by atoms with van der Waals surface area (Å²) < 4.78 is 5.24. The molecule has 1 aliphatic heterocycles. The van der Waals surface area contributed by atoms with Gasteiger partial charge < -0.3 is 10.1 Å². The molecule has 1 saturated heterocycles. The molecule has 0 bridgehead atoms. The van der Waals surface area contributed by atoms with Gasteiger partial charge in [0, 0.05) is 37.7 Å². The van der Waals surface area contributed by atoms with Gasteiger partial charge in [-0.15, -0.1) is 11.3 Å². The van der Waals surface area contributed by atoms with Crippen molar-refractivity contribution in [1.82, 2.24) is 10.2 Å². The van der Waals surface area contributed by atoms with Crippen LogP contribution in [0.25, 0.3) is 0 Å². The smallest absolute Gasteiger partial charge is 0.0503 e. The van der Waals surface area contributed by atoms with Gasteiger partial charge in [0.15, 0.2) is 0 Å². The number of nitrogens with one attached hydrogen (secondary N) is 1. The molecule has 0 aromatic carbocycles. The molecule has 1 aliphatic rings. The topological polar surface area (TPSA) is 24.5 Å². The largest absolute Gasteiger partial charge is 0.384 e. The lowest BCUT2D eigenvalue weighted by Gasteiger charge is -2.24. The van der Waals surface area contributed by atoms with E-state index in [1.807, 2.05) is 11.3 Å². The first-order valence-electron chi connectivity index (χ1n) is 6.75. The average Bonchev–Trinajstić information content (AvgIpc) is 3.00. The molecule has 0 saturated carbocycles. The minimum Gasteiger partial charge on any atom is -0.384 e. The fourth-order valence-corrected chi connectivity index (χ4v) is 3.26. The number of ether oxygens (including phenoxy) is 1. The third kappa shape index (κ3) is 4.05. The molecular formula is C14H24N2OS. The van der Waals surface area contributed by atoms with Crippen LogP contribution in [0.4, 0.5) is 0 Å². The Morgan fingerprint density at radius 3 is 3.22 bits per heavy atom. The van der Waals surface area contributed by atoms with Crippen molar-refractivity contribution in [2.24, 2.45) is 5.92 Å². The monoisotopic (exact) mass is 268 g/mol.